The molecule has 1 aromatic rings. The van der Waals surface area contributed by atoms with Crippen LogP contribution in [-0.2, 0) is 16.0 Å². The summed E-state index contributed by atoms with van der Waals surface area (Å²) >= 11 is 0. The third-order valence-electron chi connectivity index (χ3n) is 5.06. The Bertz CT molecular complexity index is 672. The average Bonchev–Trinajstić information content (AvgIpc) is 2.86. The summed E-state index contributed by atoms with van der Waals surface area (Å²) in [5.74, 6) is -0.207. The second-order valence-corrected chi connectivity index (χ2v) is 8.81. The summed E-state index contributed by atoms with van der Waals surface area (Å²) in [7, 11) is 0. The summed E-state index contributed by atoms with van der Waals surface area (Å²) in [6.07, 6.45) is 1.60. The molecule has 162 valence electrons. The van der Waals surface area contributed by atoms with E-state index in [0.717, 1.165) is 38.2 Å². The molecule has 6 nitrogen and oxygen atoms in total. The first-order valence-corrected chi connectivity index (χ1v) is 10.4. The molecule has 1 saturated heterocycles. The SMILES string of the molecule is C[C@@H](C(=O)NCCc1ccc(F)cc1)N1CCCN(CC(=O)NC(C)(C)C)CC1. The summed E-state index contributed by atoms with van der Waals surface area (Å²) < 4.78 is 13.0. The van der Waals surface area contributed by atoms with Crippen LogP contribution in [0.4, 0.5) is 4.39 Å². The zero-order valence-electron chi connectivity index (χ0n) is 18.1. The highest BCUT2D eigenvalue weighted by molar-refractivity contribution is 5.81. The highest BCUT2D eigenvalue weighted by atomic mass is 19.1. The van der Waals surface area contributed by atoms with E-state index in [1.807, 2.05) is 27.7 Å². The minimum atomic E-state index is -0.252. The molecule has 0 radical (unpaired) electrons. The summed E-state index contributed by atoms with van der Waals surface area (Å²) in [5, 5.41) is 5.98. The van der Waals surface area contributed by atoms with Crippen molar-refractivity contribution in [2.45, 2.75) is 52.1 Å². The standard InChI is InChI=1S/C22H35FN4O2/c1-17(21(29)24-11-10-18-6-8-19(23)9-7-18)27-13-5-12-26(14-15-27)16-20(28)25-22(2,3)4/h6-9,17H,5,10-16H2,1-4H3,(H,24,29)(H,25,28)/t17-/m0/s1. The molecule has 0 unspecified atom stereocenters. The van der Waals surface area contributed by atoms with Gasteiger partial charge in [-0.15, -0.1) is 0 Å². The fourth-order valence-corrected chi connectivity index (χ4v) is 3.49. The zero-order valence-corrected chi connectivity index (χ0v) is 18.1. The van der Waals surface area contributed by atoms with Crippen LogP contribution >= 0.6 is 0 Å². The molecule has 2 amide bonds. The molecule has 1 atom stereocenters. The van der Waals surface area contributed by atoms with Gasteiger partial charge in [-0.25, -0.2) is 4.39 Å². The molecule has 0 bridgehead atoms. The lowest BCUT2D eigenvalue weighted by Gasteiger charge is -2.27. The Morgan fingerprint density at radius 3 is 2.45 bits per heavy atom. The van der Waals surface area contributed by atoms with Gasteiger partial charge in [-0.2, -0.15) is 0 Å². The Balaban J connectivity index is 1.74. The molecule has 0 aliphatic carbocycles. The minimum absolute atomic E-state index is 0.00559. The van der Waals surface area contributed by atoms with E-state index >= 15 is 0 Å². The van der Waals surface area contributed by atoms with E-state index in [-0.39, 0.29) is 29.2 Å². The lowest BCUT2D eigenvalue weighted by molar-refractivity contribution is -0.126. The average molecular weight is 407 g/mol. The molecule has 2 rings (SSSR count). The molecular weight excluding hydrogens is 371 g/mol. The Kier molecular flexibility index (Phi) is 8.59. The monoisotopic (exact) mass is 406 g/mol. The van der Waals surface area contributed by atoms with Crippen molar-refractivity contribution in [1.82, 2.24) is 20.4 Å². The maximum absolute atomic E-state index is 13.0. The molecule has 1 heterocycles. The summed E-state index contributed by atoms with van der Waals surface area (Å²) in [4.78, 5) is 29.0. The van der Waals surface area contributed by atoms with Crippen LogP contribution < -0.4 is 10.6 Å². The van der Waals surface area contributed by atoms with E-state index in [2.05, 4.69) is 20.4 Å². The number of benzene rings is 1. The molecule has 0 saturated carbocycles. The summed E-state index contributed by atoms with van der Waals surface area (Å²) in [6, 6.07) is 6.13. The molecule has 1 aliphatic rings. The van der Waals surface area contributed by atoms with E-state index in [9.17, 15) is 14.0 Å². The molecule has 1 aliphatic heterocycles. The van der Waals surface area contributed by atoms with Crippen molar-refractivity contribution in [3.8, 4) is 0 Å². The molecule has 2 N–H and O–H groups in total. The number of nitrogens with one attached hydrogen (secondary N) is 2. The normalized spacial score (nSPS) is 17.4. The number of amides is 2. The minimum Gasteiger partial charge on any atom is -0.354 e. The number of hydrogen-bond acceptors (Lipinski definition) is 4. The van der Waals surface area contributed by atoms with Gasteiger partial charge in [0.2, 0.25) is 11.8 Å². The van der Waals surface area contributed by atoms with Crippen molar-refractivity contribution in [3.63, 3.8) is 0 Å². The topological polar surface area (TPSA) is 64.7 Å². The van der Waals surface area contributed by atoms with Crippen LogP contribution in [0.3, 0.4) is 0 Å². The van der Waals surface area contributed by atoms with E-state index in [1.54, 1.807) is 12.1 Å². The van der Waals surface area contributed by atoms with Gasteiger partial charge < -0.3 is 10.6 Å². The molecule has 29 heavy (non-hydrogen) atoms. The van der Waals surface area contributed by atoms with Gasteiger partial charge in [0, 0.05) is 31.7 Å². The second kappa shape index (κ2) is 10.7. The van der Waals surface area contributed by atoms with Gasteiger partial charge in [0.1, 0.15) is 5.82 Å². The first-order chi connectivity index (χ1) is 13.6. The van der Waals surface area contributed by atoms with Crippen LogP contribution in [0.5, 0.6) is 0 Å². The van der Waals surface area contributed by atoms with Crippen LogP contribution in [0.2, 0.25) is 0 Å². The summed E-state index contributed by atoms with van der Waals surface area (Å²) in [5.41, 5.74) is 0.772. The lowest BCUT2D eigenvalue weighted by Crippen LogP contribution is -2.48. The van der Waals surface area contributed by atoms with Gasteiger partial charge in [0.15, 0.2) is 0 Å². The molecule has 0 aromatic heterocycles. The number of carbonyl (C=O) groups is 2. The fourth-order valence-electron chi connectivity index (χ4n) is 3.49. The Labute approximate surface area is 173 Å². The number of halogens is 1. The first kappa shape index (κ1) is 23.3. The predicted octanol–water partition coefficient (Wildman–Crippen LogP) is 1.80. The van der Waals surface area contributed by atoms with Crippen LogP contribution in [0.25, 0.3) is 0 Å². The van der Waals surface area contributed by atoms with Crippen LogP contribution in [0, 0.1) is 5.82 Å². The number of rotatable bonds is 7. The van der Waals surface area contributed by atoms with Crippen molar-refractivity contribution in [2.75, 3.05) is 39.3 Å². The van der Waals surface area contributed by atoms with Gasteiger partial charge in [-0.3, -0.25) is 19.4 Å². The number of carbonyl (C=O) groups excluding carboxylic acids is 2. The van der Waals surface area contributed by atoms with Gasteiger partial charge in [0.25, 0.3) is 0 Å². The van der Waals surface area contributed by atoms with E-state index in [0.29, 0.717) is 19.5 Å². The molecule has 1 aromatic carbocycles. The Morgan fingerprint density at radius 1 is 1.10 bits per heavy atom. The Hall–Kier alpha value is -1.99. The van der Waals surface area contributed by atoms with Crippen LogP contribution in [0.15, 0.2) is 24.3 Å². The second-order valence-electron chi connectivity index (χ2n) is 8.81. The predicted molar refractivity (Wildman–Crippen MR) is 113 cm³/mol. The Morgan fingerprint density at radius 2 is 1.79 bits per heavy atom. The van der Waals surface area contributed by atoms with Gasteiger partial charge in [-0.1, -0.05) is 12.1 Å². The van der Waals surface area contributed by atoms with Crippen molar-refractivity contribution in [2.24, 2.45) is 0 Å². The van der Waals surface area contributed by atoms with E-state index in [4.69, 9.17) is 0 Å². The molecule has 7 heteroatoms. The van der Waals surface area contributed by atoms with Crippen molar-refractivity contribution in [3.05, 3.63) is 35.6 Å². The van der Waals surface area contributed by atoms with E-state index < -0.39 is 0 Å². The van der Waals surface area contributed by atoms with Crippen LogP contribution in [0.1, 0.15) is 39.7 Å². The van der Waals surface area contributed by atoms with Gasteiger partial charge >= 0.3 is 0 Å². The maximum atomic E-state index is 13.0. The van der Waals surface area contributed by atoms with Crippen LogP contribution in [-0.4, -0.2) is 72.5 Å². The van der Waals surface area contributed by atoms with Crippen molar-refractivity contribution < 1.29 is 14.0 Å². The third kappa shape index (κ3) is 8.50. The van der Waals surface area contributed by atoms with Gasteiger partial charge in [0.05, 0.1) is 12.6 Å². The fraction of sp³-hybridized carbons (Fsp3) is 0.636. The molecular formula is C22H35FN4O2. The first-order valence-electron chi connectivity index (χ1n) is 10.4. The maximum Gasteiger partial charge on any atom is 0.237 e. The largest absolute Gasteiger partial charge is 0.354 e. The highest BCUT2D eigenvalue weighted by Crippen LogP contribution is 2.08. The van der Waals surface area contributed by atoms with Crippen molar-refractivity contribution in [1.29, 1.82) is 0 Å². The summed E-state index contributed by atoms with van der Waals surface area (Å²) in [6.45, 7) is 12.0. The number of nitrogens with zero attached hydrogens (tertiary/aromatic N) is 2. The smallest absolute Gasteiger partial charge is 0.237 e. The quantitative estimate of drug-likeness (QED) is 0.725. The van der Waals surface area contributed by atoms with E-state index in [1.165, 1.54) is 12.1 Å². The molecule has 1 fully saturated rings. The third-order valence-corrected chi connectivity index (χ3v) is 5.06. The lowest BCUT2D eigenvalue weighted by atomic mass is 10.1. The number of hydrogen-bond donors (Lipinski definition) is 2. The highest BCUT2D eigenvalue weighted by Gasteiger charge is 2.25. The van der Waals surface area contributed by atoms with Gasteiger partial charge in [-0.05, 0) is 64.8 Å². The molecule has 0 spiro atoms. The van der Waals surface area contributed by atoms with Crippen molar-refractivity contribution >= 4 is 11.8 Å². The zero-order chi connectivity index (χ0) is 21.4.